The Morgan fingerprint density at radius 2 is 1.69 bits per heavy atom. The van der Waals surface area contributed by atoms with E-state index in [4.69, 9.17) is 11.6 Å². The van der Waals surface area contributed by atoms with Crippen LogP contribution in [0.2, 0.25) is 5.02 Å². The van der Waals surface area contributed by atoms with E-state index in [2.05, 4.69) is 10.2 Å². The number of amides is 3. The molecule has 3 rings (SSSR count). The van der Waals surface area contributed by atoms with E-state index in [1.807, 2.05) is 4.90 Å². The SMILES string of the molecule is O=C(CN1CCN(C(=O)Nc2cccc(Cl)c2F)CC1)N1CCCCC1. The van der Waals surface area contributed by atoms with Crippen molar-refractivity contribution in [2.75, 3.05) is 51.1 Å². The average Bonchev–Trinajstić information content (AvgIpc) is 2.66. The average molecular weight is 383 g/mol. The van der Waals surface area contributed by atoms with Crippen LogP contribution in [0.3, 0.4) is 0 Å². The summed E-state index contributed by atoms with van der Waals surface area (Å²) in [5.41, 5.74) is 0.0743. The first kappa shape index (κ1) is 18.9. The molecule has 8 heteroatoms. The Balaban J connectivity index is 1.46. The van der Waals surface area contributed by atoms with E-state index >= 15 is 0 Å². The Morgan fingerprint density at radius 3 is 2.38 bits per heavy atom. The number of rotatable bonds is 3. The largest absolute Gasteiger partial charge is 0.342 e. The summed E-state index contributed by atoms with van der Waals surface area (Å²) in [4.78, 5) is 30.3. The fourth-order valence-electron chi connectivity index (χ4n) is 3.34. The number of benzene rings is 1. The molecular formula is C18H24ClFN4O2. The topological polar surface area (TPSA) is 55.9 Å². The maximum Gasteiger partial charge on any atom is 0.322 e. The summed E-state index contributed by atoms with van der Waals surface area (Å²) in [6.45, 7) is 4.37. The molecule has 2 heterocycles. The fraction of sp³-hybridized carbons (Fsp3) is 0.556. The van der Waals surface area contributed by atoms with Crippen LogP contribution in [0.15, 0.2) is 18.2 Å². The van der Waals surface area contributed by atoms with Crippen molar-refractivity contribution in [1.82, 2.24) is 14.7 Å². The van der Waals surface area contributed by atoms with Crippen LogP contribution in [-0.4, -0.2) is 72.5 Å². The minimum Gasteiger partial charge on any atom is -0.342 e. The predicted molar refractivity (Wildman–Crippen MR) is 98.9 cm³/mol. The zero-order chi connectivity index (χ0) is 18.5. The summed E-state index contributed by atoms with van der Waals surface area (Å²) in [7, 11) is 0. The summed E-state index contributed by atoms with van der Waals surface area (Å²) in [5.74, 6) is -0.461. The zero-order valence-electron chi connectivity index (χ0n) is 14.7. The summed E-state index contributed by atoms with van der Waals surface area (Å²) >= 11 is 5.73. The standard InChI is InChI=1S/C18H24ClFN4O2/c19-14-5-4-6-15(17(14)20)21-18(26)24-11-9-22(10-12-24)13-16(25)23-7-2-1-3-8-23/h4-6H,1-3,7-13H2,(H,21,26). The number of nitrogens with one attached hydrogen (secondary N) is 1. The van der Waals surface area contributed by atoms with Gasteiger partial charge in [-0.15, -0.1) is 0 Å². The number of anilines is 1. The Morgan fingerprint density at radius 1 is 1.00 bits per heavy atom. The lowest BCUT2D eigenvalue weighted by Crippen LogP contribution is -2.52. The van der Waals surface area contributed by atoms with Crippen LogP contribution < -0.4 is 5.32 Å². The van der Waals surface area contributed by atoms with Gasteiger partial charge in [0.15, 0.2) is 5.82 Å². The number of carbonyl (C=O) groups is 2. The molecule has 3 amide bonds. The Bertz CT molecular complexity index is 659. The van der Waals surface area contributed by atoms with Crippen LogP contribution in [0, 0.1) is 5.82 Å². The van der Waals surface area contributed by atoms with Crippen molar-refractivity contribution in [2.24, 2.45) is 0 Å². The van der Waals surface area contributed by atoms with E-state index in [1.54, 1.807) is 11.0 Å². The molecule has 0 unspecified atom stereocenters. The van der Waals surface area contributed by atoms with E-state index in [9.17, 15) is 14.0 Å². The molecule has 6 nitrogen and oxygen atoms in total. The second kappa shape index (κ2) is 8.68. The van der Waals surface area contributed by atoms with Gasteiger partial charge in [0, 0.05) is 39.3 Å². The van der Waals surface area contributed by atoms with Crippen LogP contribution in [-0.2, 0) is 4.79 Å². The van der Waals surface area contributed by atoms with Crippen molar-refractivity contribution in [2.45, 2.75) is 19.3 Å². The number of hydrogen-bond donors (Lipinski definition) is 1. The lowest BCUT2D eigenvalue weighted by atomic mass is 10.1. The van der Waals surface area contributed by atoms with Gasteiger partial charge in [-0.3, -0.25) is 9.69 Å². The molecule has 142 valence electrons. The number of piperazine rings is 1. The second-order valence-corrected chi connectivity index (χ2v) is 7.14. The lowest BCUT2D eigenvalue weighted by molar-refractivity contribution is -0.133. The highest BCUT2D eigenvalue weighted by molar-refractivity contribution is 6.31. The minimum atomic E-state index is -0.631. The van der Waals surface area contributed by atoms with Gasteiger partial charge in [0.05, 0.1) is 17.3 Å². The van der Waals surface area contributed by atoms with Crippen molar-refractivity contribution in [3.05, 3.63) is 29.0 Å². The molecule has 0 aromatic heterocycles. The van der Waals surface area contributed by atoms with Gasteiger partial charge in [-0.05, 0) is 31.4 Å². The van der Waals surface area contributed by atoms with Crippen LogP contribution in [0.1, 0.15) is 19.3 Å². The van der Waals surface area contributed by atoms with E-state index in [-0.39, 0.29) is 22.6 Å². The van der Waals surface area contributed by atoms with E-state index in [1.165, 1.54) is 18.6 Å². The summed E-state index contributed by atoms with van der Waals surface area (Å²) < 4.78 is 13.9. The molecule has 0 bridgehead atoms. The molecule has 2 fully saturated rings. The van der Waals surface area contributed by atoms with E-state index < -0.39 is 5.82 Å². The molecule has 2 aliphatic heterocycles. The molecule has 1 N–H and O–H groups in total. The highest BCUT2D eigenvalue weighted by atomic mass is 35.5. The third-order valence-electron chi connectivity index (χ3n) is 4.92. The first-order chi connectivity index (χ1) is 12.5. The van der Waals surface area contributed by atoms with Crippen LogP contribution in [0.25, 0.3) is 0 Å². The molecule has 0 saturated carbocycles. The smallest absolute Gasteiger partial charge is 0.322 e. The maximum absolute atomic E-state index is 13.9. The number of hydrogen-bond acceptors (Lipinski definition) is 3. The fourth-order valence-corrected chi connectivity index (χ4v) is 3.51. The van der Waals surface area contributed by atoms with Crippen LogP contribution in [0.4, 0.5) is 14.9 Å². The molecule has 0 radical (unpaired) electrons. The monoisotopic (exact) mass is 382 g/mol. The third kappa shape index (κ3) is 4.65. The maximum atomic E-state index is 13.9. The Kier molecular flexibility index (Phi) is 6.32. The predicted octanol–water partition coefficient (Wildman–Crippen LogP) is 2.64. The third-order valence-corrected chi connectivity index (χ3v) is 5.21. The van der Waals surface area contributed by atoms with Gasteiger partial charge in [-0.1, -0.05) is 17.7 Å². The molecule has 2 saturated heterocycles. The molecule has 26 heavy (non-hydrogen) atoms. The second-order valence-electron chi connectivity index (χ2n) is 6.74. The first-order valence-corrected chi connectivity index (χ1v) is 9.42. The molecule has 0 aliphatic carbocycles. The van der Waals surface area contributed by atoms with Gasteiger partial charge in [0.25, 0.3) is 0 Å². The van der Waals surface area contributed by atoms with Gasteiger partial charge >= 0.3 is 6.03 Å². The van der Waals surface area contributed by atoms with Crippen molar-refractivity contribution in [3.8, 4) is 0 Å². The van der Waals surface area contributed by atoms with Crippen molar-refractivity contribution < 1.29 is 14.0 Å². The summed E-state index contributed by atoms with van der Waals surface area (Å²) in [5, 5.41) is 2.54. The molecule has 2 aliphatic rings. The van der Waals surface area contributed by atoms with Gasteiger partial charge in [-0.25, -0.2) is 9.18 Å². The number of nitrogens with zero attached hydrogens (tertiary/aromatic N) is 3. The Labute approximate surface area is 157 Å². The van der Waals surface area contributed by atoms with Crippen LogP contribution >= 0.6 is 11.6 Å². The van der Waals surface area contributed by atoms with Gasteiger partial charge in [0.2, 0.25) is 5.91 Å². The Hall–Kier alpha value is -1.86. The molecule has 1 aromatic carbocycles. The highest BCUT2D eigenvalue weighted by Crippen LogP contribution is 2.22. The van der Waals surface area contributed by atoms with Crippen molar-refractivity contribution in [1.29, 1.82) is 0 Å². The number of likely N-dealkylation sites (tertiary alicyclic amines) is 1. The minimum absolute atomic E-state index is 0.0242. The number of piperidine rings is 1. The van der Waals surface area contributed by atoms with E-state index in [0.717, 1.165) is 25.9 Å². The van der Waals surface area contributed by atoms with Gasteiger partial charge in [-0.2, -0.15) is 0 Å². The van der Waals surface area contributed by atoms with Crippen LogP contribution in [0.5, 0.6) is 0 Å². The molecule has 0 atom stereocenters. The van der Waals surface area contributed by atoms with Crippen molar-refractivity contribution >= 4 is 29.2 Å². The highest BCUT2D eigenvalue weighted by Gasteiger charge is 2.25. The molecule has 1 aromatic rings. The summed E-state index contributed by atoms with van der Waals surface area (Å²) in [6, 6.07) is 4.15. The van der Waals surface area contributed by atoms with E-state index in [0.29, 0.717) is 32.7 Å². The van der Waals surface area contributed by atoms with Crippen molar-refractivity contribution in [3.63, 3.8) is 0 Å². The number of carbonyl (C=O) groups excluding carboxylic acids is 2. The molecule has 0 spiro atoms. The normalized spacial score (nSPS) is 18.7. The zero-order valence-corrected chi connectivity index (χ0v) is 15.5. The number of halogens is 2. The lowest BCUT2D eigenvalue weighted by Gasteiger charge is -2.36. The van der Waals surface area contributed by atoms with Gasteiger partial charge < -0.3 is 15.1 Å². The quantitative estimate of drug-likeness (QED) is 0.874. The molecular weight excluding hydrogens is 359 g/mol. The first-order valence-electron chi connectivity index (χ1n) is 9.04. The summed E-state index contributed by atoms with van der Waals surface area (Å²) in [6.07, 6.45) is 3.37. The number of urea groups is 1. The van der Waals surface area contributed by atoms with Gasteiger partial charge in [0.1, 0.15) is 0 Å².